The summed E-state index contributed by atoms with van der Waals surface area (Å²) >= 11 is 0. The standard InChI is InChI=1S/C23H15F6N5.Pt/c1-21(2,17-8-3-7-16(31-17)14-6-5-11-30-12-14)20-15(22(24,25)26)13-34(33-20)19-10-4-9-18(32-19)23(27,28)29;/h3-5,7-9,11-13H,1-2H3;/q-2;+2. The predicted molar refractivity (Wildman–Crippen MR) is 109 cm³/mol. The Balaban J connectivity index is 0.00000342. The van der Waals surface area contributed by atoms with Gasteiger partial charge in [-0.25, -0.2) is 16.8 Å². The molecule has 0 aliphatic heterocycles. The van der Waals surface area contributed by atoms with Crippen LogP contribution in [0.5, 0.6) is 0 Å². The van der Waals surface area contributed by atoms with Crippen LogP contribution in [0.3, 0.4) is 0 Å². The van der Waals surface area contributed by atoms with E-state index in [1.54, 1.807) is 24.3 Å². The van der Waals surface area contributed by atoms with E-state index in [2.05, 4.69) is 32.2 Å². The second-order valence-electron chi connectivity index (χ2n) is 7.81. The normalized spacial score (nSPS) is 12.3. The largest absolute Gasteiger partial charge is 2.00 e. The van der Waals surface area contributed by atoms with Crippen LogP contribution in [0.25, 0.3) is 17.1 Å². The van der Waals surface area contributed by atoms with E-state index < -0.39 is 40.5 Å². The Morgan fingerprint density at radius 2 is 1.60 bits per heavy atom. The van der Waals surface area contributed by atoms with Gasteiger partial charge in [-0.05, 0) is 25.6 Å². The molecule has 0 unspecified atom stereocenters. The molecular weight excluding hydrogens is 655 g/mol. The second-order valence-corrected chi connectivity index (χ2v) is 7.81. The number of halogens is 6. The predicted octanol–water partition coefficient (Wildman–Crippen LogP) is 5.69. The molecule has 0 saturated carbocycles. The topological polar surface area (TPSA) is 56.5 Å². The fourth-order valence-corrected chi connectivity index (χ4v) is 3.32. The van der Waals surface area contributed by atoms with Crippen LogP contribution in [0.15, 0.2) is 55.0 Å². The van der Waals surface area contributed by atoms with Gasteiger partial charge in [0, 0.05) is 11.9 Å². The molecule has 0 spiro atoms. The Morgan fingerprint density at radius 1 is 0.857 bits per heavy atom. The van der Waals surface area contributed by atoms with Crippen LogP contribution in [-0.2, 0) is 38.8 Å². The molecule has 0 atom stereocenters. The van der Waals surface area contributed by atoms with Crippen molar-refractivity contribution in [2.24, 2.45) is 0 Å². The first-order valence-electron chi connectivity index (χ1n) is 9.80. The maximum atomic E-state index is 13.9. The molecule has 0 aliphatic rings. The number of aromatic nitrogens is 5. The van der Waals surface area contributed by atoms with E-state index >= 15 is 0 Å². The molecule has 4 aromatic heterocycles. The maximum Gasteiger partial charge on any atom is 2.00 e. The Morgan fingerprint density at radius 3 is 2.23 bits per heavy atom. The maximum absolute atomic E-state index is 13.9. The van der Waals surface area contributed by atoms with E-state index in [1.807, 2.05) is 0 Å². The summed E-state index contributed by atoms with van der Waals surface area (Å²) in [4.78, 5) is 11.9. The zero-order chi connectivity index (χ0) is 24.7. The summed E-state index contributed by atoms with van der Waals surface area (Å²) in [6, 6.07) is 13.4. The fourth-order valence-electron chi connectivity index (χ4n) is 3.32. The van der Waals surface area contributed by atoms with Crippen molar-refractivity contribution in [3.63, 3.8) is 0 Å². The Bertz CT molecular complexity index is 1320. The molecule has 35 heavy (non-hydrogen) atoms. The Kier molecular flexibility index (Phi) is 7.22. The van der Waals surface area contributed by atoms with Crippen molar-refractivity contribution in [2.45, 2.75) is 31.6 Å². The van der Waals surface area contributed by atoms with E-state index in [1.165, 1.54) is 26.2 Å². The summed E-state index contributed by atoms with van der Waals surface area (Å²) in [5.74, 6) is -0.519. The smallest absolute Gasteiger partial charge is 0.360 e. The third kappa shape index (κ3) is 5.45. The molecule has 0 aromatic carbocycles. The van der Waals surface area contributed by atoms with Crippen LogP contribution in [0.1, 0.15) is 36.5 Å². The first-order valence-corrected chi connectivity index (χ1v) is 9.80. The quantitative estimate of drug-likeness (QED) is 0.207. The second kappa shape index (κ2) is 9.53. The first kappa shape index (κ1) is 26.5. The number of pyridine rings is 3. The molecule has 4 aromatic rings. The van der Waals surface area contributed by atoms with Crippen molar-refractivity contribution < 1.29 is 47.4 Å². The molecule has 0 fully saturated rings. The van der Waals surface area contributed by atoms with Crippen LogP contribution in [0.2, 0.25) is 0 Å². The SMILES string of the molecule is CC(C)(c1cccc(-c2[c-]ccnc2)n1)c1nn(-c2[c-]ccc(C(F)(F)F)n2)cc1C(F)(F)F.[Pt+2]. The van der Waals surface area contributed by atoms with Crippen LogP contribution in [0, 0.1) is 12.1 Å². The van der Waals surface area contributed by atoms with Gasteiger partial charge in [0.2, 0.25) is 0 Å². The molecule has 4 heterocycles. The van der Waals surface area contributed by atoms with Crippen LogP contribution in [-0.4, -0.2) is 24.7 Å². The third-order valence-corrected chi connectivity index (χ3v) is 5.07. The summed E-state index contributed by atoms with van der Waals surface area (Å²) in [5.41, 5.74) is -2.94. The summed E-state index contributed by atoms with van der Waals surface area (Å²) < 4.78 is 81.6. The van der Waals surface area contributed by atoms with Gasteiger partial charge >= 0.3 is 33.4 Å². The number of hydrogen-bond donors (Lipinski definition) is 0. The van der Waals surface area contributed by atoms with Gasteiger partial charge in [-0.3, -0.25) is 4.98 Å². The van der Waals surface area contributed by atoms with E-state index in [0.717, 1.165) is 6.07 Å². The molecule has 0 saturated heterocycles. The Labute approximate surface area is 210 Å². The van der Waals surface area contributed by atoms with Crippen LogP contribution < -0.4 is 0 Å². The van der Waals surface area contributed by atoms with Crippen molar-refractivity contribution in [3.05, 3.63) is 89.8 Å². The molecule has 0 N–H and O–H groups in total. The minimum absolute atomic E-state index is 0. The van der Waals surface area contributed by atoms with Crippen molar-refractivity contribution in [1.82, 2.24) is 24.7 Å². The zero-order valence-electron chi connectivity index (χ0n) is 18.0. The summed E-state index contributed by atoms with van der Waals surface area (Å²) in [6.07, 6.45) is -5.96. The van der Waals surface area contributed by atoms with Crippen LogP contribution >= 0.6 is 0 Å². The van der Waals surface area contributed by atoms with Crippen molar-refractivity contribution >= 4 is 0 Å². The first-order chi connectivity index (χ1) is 15.9. The van der Waals surface area contributed by atoms with Gasteiger partial charge < -0.3 is 9.97 Å². The number of hydrogen-bond acceptors (Lipinski definition) is 4. The molecule has 5 nitrogen and oxygen atoms in total. The summed E-state index contributed by atoms with van der Waals surface area (Å²) in [6.45, 7) is 2.99. The number of nitrogens with zero attached hydrogens (tertiary/aromatic N) is 5. The van der Waals surface area contributed by atoms with E-state index in [4.69, 9.17) is 0 Å². The fraction of sp³-hybridized carbons (Fsp3) is 0.217. The summed E-state index contributed by atoms with van der Waals surface area (Å²) in [7, 11) is 0. The number of rotatable bonds is 4. The molecule has 0 aliphatic carbocycles. The van der Waals surface area contributed by atoms with Crippen molar-refractivity contribution in [2.75, 3.05) is 0 Å². The minimum Gasteiger partial charge on any atom is -0.360 e. The van der Waals surface area contributed by atoms with Gasteiger partial charge in [-0.15, -0.1) is 17.7 Å². The van der Waals surface area contributed by atoms with Gasteiger partial charge in [0.25, 0.3) is 0 Å². The average molecular weight is 670 g/mol. The molecule has 0 amide bonds. The minimum atomic E-state index is -4.83. The van der Waals surface area contributed by atoms with Crippen molar-refractivity contribution in [1.29, 1.82) is 0 Å². The third-order valence-electron chi connectivity index (χ3n) is 5.07. The molecule has 12 heteroatoms. The van der Waals surface area contributed by atoms with Crippen molar-refractivity contribution in [3.8, 4) is 17.1 Å². The van der Waals surface area contributed by atoms with Crippen LogP contribution in [0.4, 0.5) is 26.3 Å². The monoisotopic (exact) mass is 670 g/mol. The molecule has 0 radical (unpaired) electrons. The Hall–Kier alpha value is -3.07. The average Bonchev–Trinajstić information content (AvgIpc) is 3.27. The molecule has 0 bridgehead atoms. The van der Waals surface area contributed by atoms with E-state index in [0.29, 0.717) is 28.2 Å². The van der Waals surface area contributed by atoms with Gasteiger partial charge in [0.1, 0.15) is 0 Å². The number of alkyl halides is 6. The van der Waals surface area contributed by atoms with Gasteiger partial charge in [-0.2, -0.15) is 37.5 Å². The molecule has 4 rings (SSSR count). The van der Waals surface area contributed by atoms with Gasteiger partial charge in [-0.1, -0.05) is 24.5 Å². The molecule has 184 valence electrons. The summed E-state index contributed by atoms with van der Waals surface area (Å²) in [5, 5.41) is 4.00. The molecular formula is C23H15F6N5Pt. The van der Waals surface area contributed by atoms with Gasteiger partial charge in [0.15, 0.2) is 0 Å². The van der Waals surface area contributed by atoms with E-state index in [-0.39, 0.29) is 26.8 Å². The van der Waals surface area contributed by atoms with E-state index in [9.17, 15) is 26.3 Å². The van der Waals surface area contributed by atoms with Gasteiger partial charge in [0.05, 0.1) is 28.2 Å². The zero-order valence-corrected chi connectivity index (χ0v) is 20.3.